The van der Waals surface area contributed by atoms with E-state index in [1.54, 1.807) is 56.3 Å². The molecule has 0 fully saturated rings. The Bertz CT molecular complexity index is 1430. The highest BCUT2D eigenvalue weighted by Crippen LogP contribution is 2.32. The second kappa shape index (κ2) is 11.0. The van der Waals surface area contributed by atoms with Gasteiger partial charge < -0.3 is 19.7 Å². The van der Waals surface area contributed by atoms with Gasteiger partial charge >= 0.3 is 0 Å². The number of nitrogens with zero attached hydrogens (tertiary/aromatic N) is 2. The van der Waals surface area contributed by atoms with E-state index in [1.165, 1.54) is 24.0 Å². The molecular weight excluding hydrogens is 498 g/mol. The lowest BCUT2D eigenvalue weighted by Gasteiger charge is -2.38. The number of hydrogen-bond acceptors (Lipinski definition) is 6. The van der Waals surface area contributed by atoms with Crippen molar-refractivity contribution in [1.29, 1.82) is 0 Å². The Kier molecular flexibility index (Phi) is 7.71. The summed E-state index contributed by atoms with van der Waals surface area (Å²) < 4.78 is 10.6. The summed E-state index contributed by atoms with van der Waals surface area (Å²) in [5.74, 6) is -1.43. The zero-order valence-electron chi connectivity index (χ0n) is 22.6. The van der Waals surface area contributed by atoms with Crippen molar-refractivity contribution < 1.29 is 28.7 Å². The van der Waals surface area contributed by atoms with E-state index >= 15 is 0 Å². The zero-order chi connectivity index (χ0) is 28.3. The van der Waals surface area contributed by atoms with Crippen LogP contribution < -0.4 is 19.7 Å². The molecular formula is C30H31N3O6. The van der Waals surface area contributed by atoms with Gasteiger partial charge in [-0.1, -0.05) is 42.0 Å². The predicted molar refractivity (Wildman–Crippen MR) is 147 cm³/mol. The number of carbonyl (C=O) groups is 4. The van der Waals surface area contributed by atoms with E-state index in [9.17, 15) is 19.2 Å². The number of benzene rings is 3. The van der Waals surface area contributed by atoms with Crippen molar-refractivity contribution in [3.05, 3.63) is 83.4 Å². The molecule has 39 heavy (non-hydrogen) atoms. The molecule has 0 radical (unpaired) electrons. The van der Waals surface area contributed by atoms with Crippen molar-refractivity contribution in [2.45, 2.75) is 32.9 Å². The number of methoxy groups -OCH3 is 2. The summed E-state index contributed by atoms with van der Waals surface area (Å²) in [6, 6.07) is 19.2. The normalized spacial score (nSPS) is 12.7. The van der Waals surface area contributed by atoms with Crippen LogP contribution in [0.5, 0.6) is 11.5 Å². The minimum atomic E-state index is -1.36. The van der Waals surface area contributed by atoms with E-state index in [0.29, 0.717) is 22.9 Å². The molecule has 3 aromatic carbocycles. The van der Waals surface area contributed by atoms with Gasteiger partial charge in [-0.05, 0) is 50.6 Å². The zero-order valence-corrected chi connectivity index (χ0v) is 22.6. The first-order valence-electron chi connectivity index (χ1n) is 12.4. The van der Waals surface area contributed by atoms with E-state index in [0.717, 1.165) is 11.1 Å². The molecule has 0 aromatic heterocycles. The van der Waals surface area contributed by atoms with Gasteiger partial charge in [-0.25, -0.2) is 0 Å². The molecule has 3 aromatic rings. The van der Waals surface area contributed by atoms with Gasteiger partial charge in [0.05, 0.1) is 31.2 Å². The van der Waals surface area contributed by atoms with Crippen LogP contribution >= 0.6 is 0 Å². The molecule has 3 amide bonds. The lowest BCUT2D eigenvalue weighted by molar-refractivity contribution is -0.143. The van der Waals surface area contributed by atoms with Crippen LogP contribution in [-0.2, 0) is 20.9 Å². The summed E-state index contributed by atoms with van der Waals surface area (Å²) >= 11 is 0. The standard InChI is InChI=1S/C30H31N3O6/c1-19-10-12-20(13-11-19)17-33(26(34)18-32-24-9-7-6-8-22(24)27(35)28(32)36)30(2,3)29(37)31-23-15-14-21(38-4)16-25(23)39-5/h6-16H,17-18H2,1-5H3,(H,31,37). The van der Waals surface area contributed by atoms with Crippen LogP contribution in [-0.4, -0.2) is 54.7 Å². The molecule has 1 heterocycles. The second-order valence-electron chi connectivity index (χ2n) is 9.78. The van der Waals surface area contributed by atoms with Gasteiger partial charge in [0.15, 0.2) is 0 Å². The SMILES string of the molecule is COc1ccc(NC(=O)C(C)(C)N(Cc2ccc(C)cc2)C(=O)CN2C(=O)C(=O)c3ccccc32)c(OC)c1. The van der Waals surface area contributed by atoms with E-state index < -0.39 is 35.6 Å². The average Bonchev–Trinajstić information content (AvgIpc) is 3.17. The number of para-hydroxylation sites is 1. The maximum atomic E-state index is 13.8. The van der Waals surface area contributed by atoms with Crippen molar-refractivity contribution in [1.82, 2.24) is 4.90 Å². The number of nitrogens with one attached hydrogen (secondary N) is 1. The number of Topliss-reactive ketones (excluding diaryl/α,β-unsaturated/α-hetero) is 1. The number of ether oxygens (including phenoxy) is 2. The van der Waals surface area contributed by atoms with Crippen LogP contribution in [0.1, 0.15) is 35.3 Å². The smallest absolute Gasteiger partial charge is 0.299 e. The Balaban J connectivity index is 1.65. The first kappa shape index (κ1) is 27.4. The van der Waals surface area contributed by atoms with Crippen molar-refractivity contribution in [2.75, 3.05) is 31.0 Å². The highest BCUT2D eigenvalue weighted by Gasteiger charge is 2.42. The minimum absolute atomic E-state index is 0.108. The lowest BCUT2D eigenvalue weighted by atomic mass is 9.99. The number of anilines is 2. The molecule has 0 saturated heterocycles. The summed E-state index contributed by atoms with van der Waals surface area (Å²) in [6.07, 6.45) is 0. The maximum absolute atomic E-state index is 13.8. The van der Waals surface area contributed by atoms with Crippen LogP contribution in [0, 0.1) is 6.92 Å². The number of ketones is 1. The molecule has 0 unspecified atom stereocenters. The van der Waals surface area contributed by atoms with Crippen molar-refractivity contribution >= 4 is 34.9 Å². The van der Waals surface area contributed by atoms with E-state index in [2.05, 4.69) is 5.32 Å². The highest BCUT2D eigenvalue weighted by atomic mass is 16.5. The van der Waals surface area contributed by atoms with Gasteiger partial charge in [-0.15, -0.1) is 0 Å². The first-order chi connectivity index (χ1) is 18.6. The highest BCUT2D eigenvalue weighted by molar-refractivity contribution is 6.52. The summed E-state index contributed by atoms with van der Waals surface area (Å²) in [7, 11) is 3.01. The van der Waals surface area contributed by atoms with Crippen LogP contribution in [0.2, 0.25) is 0 Å². The molecule has 0 atom stereocenters. The predicted octanol–water partition coefficient (Wildman–Crippen LogP) is 3.99. The van der Waals surface area contributed by atoms with Gasteiger partial charge in [-0.2, -0.15) is 0 Å². The van der Waals surface area contributed by atoms with E-state index in [-0.39, 0.29) is 12.1 Å². The maximum Gasteiger partial charge on any atom is 0.299 e. The molecule has 1 N–H and O–H groups in total. The third-order valence-corrected chi connectivity index (χ3v) is 6.82. The fraction of sp³-hybridized carbons (Fsp3) is 0.267. The number of carbonyl (C=O) groups excluding carboxylic acids is 4. The largest absolute Gasteiger partial charge is 0.497 e. The van der Waals surface area contributed by atoms with Crippen molar-refractivity contribution in [2.24, 2.45) is 0 Å². The molecule has 4 rings (SSSR count). The molecule has 0 aliphatic carbocycles. The number of hydrogen-bond donors (Lipinski definition) is 1. The van der Waals surface area contributed by atoms with E-state index in [4.69, 9.17) is 9.47 Å². The molecule has 1 aliphatic heterocycles. The number of amides is 3. The third-order valence-electron chi connectivity index (χ3n) is 6.82. The molecule has 9 heteroatoms. The molecule has 0 bridgehead atoms. The molecule has 202 valence electrons. The lowest BCUT2D eigenvalue weighted by Crippen LogP contribution is -2.57. The van der Waals surface area contributed by atoms with Gasteiger partial charge in [0.25, 0.3) is 11.7 Å². The Morgan fingerprint density at radius 3 is 2.31 bits per heavy atom. The Hall–Kier alpha value is -4.66. The number of rotatable bonds is 9. The summed E-state index contributed by atoms with van der Waals surface area (Å²) in [5.41, 5.74) is 1.54. The summed E-state index contributed by atoms with van der Waals surface area (Å²) in [6.45, 7) is 4.94. The van der Waals surface area contributed by atoms with Gasteiger partial charge in [0.1, 0.15) is 23.6 Å². The monoisotopic (exact) mass is 529 g/mol. The minimum Gasteiger partial charge on any atom is -0.497 e. The molecule has 1 aliphatic rings. The van der Waals surface area contributed by atoms with Crippen molar-refractivity contribution in [3.8, 4) is 11.5 Å². The second-order valence-corrected chi connectivity index (χ2v) is 9.78. The topological polar surface area (TPSA) is 105 Å². The third kappa shape index (κ3) is 5.47. The average molecular weight is 530 g/mol. The van der Waals surface area contributed by atoms with E-state index in [1.807, 2.05) is 31.2 Å². The summed E-state index contributed by atoms with van der Waals surface area (Å²) in [4.78, 5) is 55.4. The molecule has 0 spiro atoms. The number of fused-ring (bicyclic) bond motifs is 1. The Morgan fingerprint density at radius 2 is 1.64 bits per heavy atom. The number of aryl methyl sites for hydroxylation is 1. The van der Waals surface area contributed by atoms with Crippen LogP contribution in [0.3, 0.4) is 0 Å². The quantitative estimate of drug-likeness (QED) is 0.421. The van der Waals surface area contributed by atoms with Crippen LogP contribution in [0.25, 0.3) is 0 Å². The molecule has 9 nitrogen and oxygen atoms in total. The fourth-order valence-corrected chi connectivity index (χ4v) is 4.40. The van der Waals surface area contributed by atoms with Crippen LogP contribution in [0.4, 0.5) is 11.4 Å². The molecule has 0 saturated carbocycles. The van der Waals surface area contributed by atoms with Crippen molar-refractivity contribution in [3.63, 3.8) is 0 Å². The van der Waals surface area contributed by atoms with Gasteiger partial charge in [0.2, 0.25) is 11.8 Å². The van der Waals surface area contributed by atoms with Gasteiger partial charge in [-0.3, -0.25) is 24.1 Å². The van der Waals surface area contributed by atoms with Gasteiger partial charge in [0, 0.05) is 12.6 Å². The Labute approximate surface area is 227 Å². The summed E-state index contributed by atoms with van der Waals surface area (Å²) in [5, 5.41) is 2.86. The van der Waals surface area contributed by atoms with Crippen LogP contribution in [0.15, 0.2) is 66.7 Å². The fourth-order valence-electron chi connectivity index (χ4n) is 4.40. The Morgan fingerprint density at radius 1 is 0.949 bits per heavy atom. The first-order valence-corrected chi connectivity index (χ1v) is 12.4.